The summed E-state index contributed by atoms with van der Waals surface area (Å²) in [5.41, 5.74) is 0.409. The quantitative estimate of drug-likeness (QED) is 0.263. The summed E-state index contributed by atoms with van der Waals surface area (Å²) >= 11 is 0. The van der Waals surface area contributed by atoms with Crippen LogP contribution in [0.4, 0.5) is 22.0 Å². The lowest BCUT2D eigenvalue weighted by Gasteiger charge is -2.56. The maximum atomic E-state index is 15.2. The van der Waals surface area contributed by atoms with Crippen LogP contribution >= 0.6 is 0 Å². The lowest BCUT2D eigenvalue weighted by Crippen LogP contribution is -2.65. The minimum atomic E-state index is -5.89. The molecule has 9 heteroatoms. The van der Waals surface area contributed by atoms with E-state index in [1.807, 2.05) is 24.3 Å². The normalized spacial score (nSPS) is 30.6. The lowest BCUT2D eigenvalue weighted by atomic mass is 9.50. The fourth-order valence-electron chi connectivity index (χ4n) is 8.52. The van der Waals surface area contributed by atoms with Crippen LogP contribution in [0.1, 0.15) is 84.8 Å². The Labute approximate surface area is 252 Å². The minimum absolute atomic E-state index is 0.0325. The van der Waals surface area contributed by atoms with Crippen LogP contribution in [0.3, 0.4) is 0 Å². The first-order valence-corrected chi connectivity index (χ1v) is 14.9. The van der Waals surface area contributed by atoms with E-state index in [1.54, 1.807) is 36.4 Å². The monoisotopic (exact) mass is 612 g/mol. The van der Waals surface area contributed by atoms with E-state index in [-0.39, 0.29) is 30.1 Å². The molecule has 0 bridgehead atoms. The Hall–Kier alpha value is -3.59. The van der Waals surface area contributed by atoms with Crippen molar-refractivity contribution >= 4 is 23.9 Å². The fraction of sp³-hybridized carbons (Fsp3) is 0.429. The number of carboxylic acid groups (broad SMARTS) is 1. The second-order valence-corrected chi connectivity index (χ2v) is 12.9. The second kappa shape index (κ2) is 10.5. The molecule has 5 atom stereocenters. The van der Waals surface area contributed by atoms with Gasteiger partial charge in [-0.05, 0) is 96.4 Å². The van der Waals surface area contributed by atoms with E-state index < -0.39 is 47.3 Å². The van der Waals surface area contributed by atoms with Gasteiger partial charge in [-0.15, -0.1) is 0 Å². The number of benzene rings is 2. The largest absolute Gasteiger partial charge is 0.478 e. The van der Waals surface area contributed by atoms with Gasteiger partial charge in [0.2, 0.25) is 0 Å². The summed E-state index contributed by atoms with van der Waals surface area (Å²) in [5.74, 6) is -7.62. The van der Waals surface area contributed by atoms with Crippen LogP contribution in [0.2, 0.25) is 0 Å². The van der Waals surface area contributed by atoms with Gasteiger partial charge in [0, 0.05) is 17.8 Å². The number of carbonyl (C=O) groups is 2. The zero-order valence-electron chi connectivity index (χ0n) is 24.1. The average Bonchev–Trinajstić information content (AvgIpc) is 3.26. The molecule has 232 valence electrons. The van der Waals surface area contributed by atoms with Gasteiger partial charge in [-0.1, -0.05) is 61.0 Å². The lowest BCUT2D eigenvalue weighted by molar-refractivity contribution is -0.362. The van der Waals surface area contributed by atoms with Gasteiger partial charge < -0.3 is 10.2 Å². The molecule has 4 aliphatic rings. The first-order valence-electron chi connectivity index (χ1n) is 14.9. The number of fused-ring (bicyclic) bond motifs is 4. The molecule has 44 heavy (non-hydrogen) atoms. The topological polar surface area (TPSA) is 74.6 Å². The van der Waals surface area contributed by atoms with Crippen molar-refractivity contribution in [3.8, 4) is 0 Å². The number of aromatic carboxylic acids is 1. The maximum absolute atomic E-state index is 15.2. The van der Waals surface area contributed by atoms with Crippen LogP contribution in [0, 0.1) is 17.3 Å². The maximum Gasteiger partial charge on any atom is 0.456 e. The molecule has 0 aromatic heterocycles. The van der Waals surface area contributed by atoms with Gasteiger partial charge >= 0.3 is 18.1 Å². The molecule has 4 aliphatic carbocycles. The predicted octanol–water partition coefficient (Wildman–Crippen LogP) is 8.38. The van der Waals surface area contributed by atoms with Crippen molar-refractivity contribution in [3.05, 3.63) is 93.6 Å². The Bertz CT molecular complexity index is 1600. The van der Waals surface area contributed by atoms with E-state index in [9.17, 15) is 33.0 Å². The number of rotatable bonds is 5. The van der Waals surface area contributed by atoms with Gasteiger partial charge in [0.1, 0.15) is 5.60 Å². The molecule has 0 radical (unpaired) electrons. The summed E-state index contributed by atoms with van der Waals surface area (Å²) in [4.78, 5) is 23.5. The van der Waals surface area contributed by atoms with Crippen LogP contribution in [0.5, 0.6) is 0 Å². The van der Waals surface area contributed by atoms with Gasteiger partial charge in [0.05, 0.1) is 5.56 Å². The van der Waals surface area contributed by atoms with Crippen LogP contribution < -0.4 is 0 Å². The fourth-order valence-corrected chi connectivity index (χ4v) is 8.52. The number of carboxylic acids is 1. The van der Waals surface area contributed by atoms with Crippen molar-refractivity contribution in [3.63, 3.8) is 0 Å². The molecule has 0 amide bonds. The Morgan fingerprint density at radius 3 is 2.34 bits per heavy atom. The molecule has 0 heterocycles. The van der Waals surface area contributed by atoms with E-state index >= 15 is 8.78 Å². The SMILES string of the molecule is C[C@]12C[C@H](c3ccc(C=Cc4cccc(C(=O)O)c4)cc3)C3=C4CCC(=O)C=C4CC[C@H]3[C@@H]1CC[C@@]2(O)C(F)(F)C(F)(F)F. The number of ketones is 1. The Morgan fingerprint density at radius 1 is 0.955 bits per heavy atom. The summed E-state index contributed by atoms with van der Waals surface area (Å²) in [6, 6.07) is 13.8. The van der Waals surface area contributed by atoms with Crippen LogP contribution in [0.15, 0.2) is 71.3 Å². The highest BCUT2D eigenvalue weighted by molar-refractivity contribution is 5.93. The van der Waals surface area contributed by atoms with Crippen molar-refractivity contribution in [2.24, 2.45) is 17.3 Å². The minimum Gasteiger partial charge on any atom is -0.478 e. The zero-order chi connectivity index (χ0) is 31.7. The van der Waals surface area contributed by atoms with Crippen molar-refractivity contribution in [2.75, 3.05) is 0 Å². The molecule has 0 aliphatic heterocycles. The van der Waals surface area contributed by atoms with E-state index in [1.165, 1.54) is 13.0 Å². The first kappa shape index (κ1) is 30.4. The molecule has 2 fully saturated rings. The van der Waals surface area contributed by atoms with Gasteiger partial charge in [-0.3, -0.25) is 4.79 Å². The standard InChI is InChI=1S/C35H33F5O4/c1-32-19-28(22-9-7-20(8-10-22)5-6-21-3-2-4-24(17-21)31(42)43)30-26-14-12-25(41)18-23(26)11-13-27(30)29(32)15-16-33(32,44)34(36,37)35(38,39)40/h2-10,17-18,27-29,44H,11-16,19H2,1H3,(H,42,43)/t27-,28+,29-,32-,33-/m0/s1. The number of hydrogen-bond donors (Lipinski definition) is 2. The number of aliphatic hydroxyl groups is 1. The van der Waals surface area contributed by atoms with Gasteiger partial charge in [0.25, 0.3) is 0 Å². The van der Waals surface area contributed by atoms with Crippen molar-refractivity contribution in [1.29, 1.82) is 0 Å². The molecular weight excluding hydrogens is 579 g/mol. The van der Waals surface area contributed by atoms with Crippen molar-refractivity contribution in [1.82, 2.24) is 0 Å². The average molecular weight is 613 g/mol. The number of alkyl halides is 5. The molecule has 2 aromatic rings. The summed E-state index contributed by atoms with van der Waals surface area (Å²) in [6.45, 7) is 1.41. The first-order chi connectivity index (χ1) is 20.7. The second-order valence-electron chi connectivity index (χ2n) is 12.9. The third-order valence-electron chi connectivity index (χ3n) is 10.7. The van der Waals surface area contributed by atoms with Crippen molar-refractivity contribution in [2.45, 2.75) is 75.5 Å². The van der Waals surface area contributed by atoms with Crippen LogP contribution in [0.25, 0.3) is 12.2 Å². The molecule has 6 rings (SSSR count). The summed E-state index contributed by atoms with van der Waals surface area (Å²) in [7, 11) is 0. The van der Waals surface area contributed by atoms with E-state index in [4.69, 9.17) is 0 Å². The van der Waals surface area contributed by atoms with Crippen LogP contribution in [-0.2, 0) is 4.79 Å². The van der Waals surface area contributed by atoms with Crippen molar-refractivity contribution < 1.29 is 41.8 Å². The van der Waals surface area contributed by atoms with Gasteiger partial charge in [0.15, 0.2) is 5.78 Å². The highest BCUT2D eigenvalue weighted by Gasteiger charge is 2.79. The van der Waals surface area contributed by atoms with E-state index in [2.05, 4.69) is 0 Å². The highest BCUT2D eigenvalue weighted by Crippen LogP contribution is 2.70. The number of hydrogen-bond acceptors (Lipinski definition) is 3. The molecule has 4 nitrogen and oxygen atoms in total. The molecule has 2 aromatic carbocycles. The summed E-state index contributed by atoms with van der Waals surface area (Å²) < 4.78 is 71.7. The Morgan fingerprint density at radius 2 is 1.66 bits per heavy atom. The molecule has 0 spiro atoms. The van der Waals surface area contributed by atoms with E-state index in [0.29, 0.717) is 31.2 Å². The summed E-state index contributed by atoms with van der Waals surface area (Å²) in [6.07, 6.45) is 0.605. The van der Waals surface area contributed by atoms with E-state index in [0.717, 1.165) is 27.8 Å². The molecule has 0 unspecified atom stereocenters. The van der Waals surface area contributed by atoms with Gasteiger partial charge in [-0.2, -0.15) is 22.0 Å². The third kappa shape index (κ3) is 4.66. The number of carbonyl (C=O) groups excluding carboxylic acids is 1. The van der Waals surface area contributed by atoms with Gasteiger partial charge in [-0.25, -0.2) is 4.79 Å². The molecule has 0 saturated heterocycles. The van der Waals surface area contributed by atoms with Crippen LogP contribution in [-0.4, -0.2) is 39.7 Å². The molecule has 2 saturated carbocycles. The third-order valence-corrected chi connectivity index (χ3v) is 10.7. The molecular formula is C35H33F5O4. The molecule has 2 N–H and O–H groups in total. The smallest absolute Gasteiger partial charge is 0.456 e. The zero-order valence-corrected chi connectivity index (χ0v) is 24.1. The number of halogens is 5. The number of allylic oxidation sites excluding steroid dienone is 4. The predicted molar refractivity (Wildman–Crippen MR) is 155 cm³/mol. The highest BCUT2D eigenvalue weighted by atomic mass is 19.4. The Kier molecular flexibility index (Phi) is 7.26. The summed E-state index contributed by atoms with van der Waals surface area (Å²) in [5, 5.41) is 20.7. The Balaban J connectivity index is 1.41.